The van der Waals surface area contributed by atoms with E-state index in [1.54, 1.807) is 12.1 Å². The van der Waals surface area contributed by atoms with E-state index in [4.69, 9.17) is 11.6 Å². The largest absolute Gasteiger partial charge is 0.291 e. The smallest absolute Gasteiger partial charge is 0.113 e. The molecule has 10 heavy (non-hydrogen) atoms. The molecule has 0 amide bonds. The van der Waals surface area contributed by atoms with Crippen LogP contribution in [-0.2, 0) is 0 Å². The fraction of sp³-hybridized carbons (Fsp3) is 0. The van der Waals surface area contributed by atoms with Gasteiger partial charge in [-0.1, -0.05) is 5.92 Å². The van der Waals surface area contributed by atoms with Gasteiger partial charge in [0.15, 0.2) is 0 Å². The third-order valence-electron chi connectivity index (χ3n) is 1.04. The molecular formula is C7H6N2O. The molecule has 2 N–H and O–H groups in total. The molecule has 0 aliphatic heterocycles. The van der Waals surface area contributed by atoms with Crippen LogP contribution < -0.4 is 5.48 Å². The highest BCUT2D eigenvalue weighted by atomic mass is 16.5. The molecule has 0 saturated carbocycles. The number of hydrogen-bond acceptors (Lipinski definition) is 3. The second-order valence-corrected chi connectivity index (χ2v) is 1.69. The van der Waals surface area contributed by atoms with E-state index in [1.807, 2.05) is 5.48 Å². The molecule has 1 heterocycles. The van der Waals surface area contributed by atoms with Crippen molar-refractivity contribution < 1.29 is 5.21 Å². The molecule has 3 heteroatoms. The number of terminal acetylenes is 1. The zero-order valence-corrected chi connectivity index (χ0v) is 5.20. The van der Waals surface area contributed by atoms with E-state index in [0.717, 1.165) is 0 Å². The van der Waals surface area contributed by atoms with E-state index >= 15 is 0 Å². The molecule has 0 aliphatic carbocycles. The highest BCUT2D eigenvalue weighted by molar-refractivity contribution is 5.40. The van der Waals surface area contributed by atoms with Crippen LogP contribution in [0, 0.1) is 12.3 Å². The van der Waals surface area contributed by atoms with Crippen molar-refractivity contribution in [2.24, 2.45) is 0 Å². The normalized spacial score (nSPS) is 8.40. The lowest BCUT2D eigenvalue weighted by Crippen LogP contribution is -1.90. The fourth-order valence-electron chi connectivity index (χ4n) is 0.545. The Bertz CT molecular complexity index is 247. The molecule has 3 nitrogen and oxygen atoms in total. The minimum absolute atomic E-state index is 0.527. The van der Waals surface area contributed by atoms with E-state index in [-0.39, 0.29) is 0 Å². The van der Waals surface area contributed by atoms with Crippen LogP contribution in [0.5, 0.6) is 0 Å². The summed E-state index contributed by atoms with van der Waals surface area (Å²) in [7, 11) is 0. The van der Waals surface area contributed by atoms with Crippen LogP contribution in [0.4, 0.5) is 5.69 Å². The van der Waals surface area contributed by atoms with Crippen molar-refractivity contribution in [3.05, 3.63) is 24.0 Å². The maximum atomic E-state index is 8.36. The second-order valence-electron chi connectivity index (χ2n) is 1.69. The molecule has 0 spiro atoms. The Morgan fingerprint density at radius 2 is 2.40 bits per heavy atom. The van der Waals surface area contributed by atoms with Gasteiger partial charge in [-0.2, -0.15) is 0 Å². The van der Waals surface area contributed by atoms with E-state index < -0.39 is 0 Å². The molecule has 0 atom stereocenters. The Hall–Kier alpha value is -1.53. The van der Waals surface area contributed by atoms with Crippen LogP contribution in [0.2, 0.25) is 0 Å². The maximum Gasteiger partial charge on any atom is 0.113 e. The molecule has 50 valence electrons. The van der Waals surface area contributed by atoms with Gasteiger partial charge in [0.25, 0.3) is 0 Å². The summed E-state index contributed by atoms with van der Waals surface area (Å²) in [5.74, 6) is 2.36. The molecule has 1 aromatic rings. The predicted octanol–water partition coefficient (Wildman–Crippen LogP) is 0.864. The van der Waals surface area contributed by atoms with Gasteiger partial charge < -0.3 is 0 Å². The van der Waals surface area contributed by atoms with Gasteiger partial charge in [-0.3, -0.25) is 10.7 Å². The molecule has 0 aromatic carbocycles. The van der Waals surface area contributed by atoms with Gasteiger partial charge in [0.1, 0.15) is 5.69 Å². The number of hydrogen-bond donors (Lipinski definition) is 2. The van der Waals surface area contributed by atoms with Gasteiger partial charge in [-0.15, -0.1) is 6.42 Å². The van der Waals surface area contributed by atoms with Crippen LogP contribution >= 0.6 is 0 Å². The zero-order chi connectivity index (χ0) is 7.40. The minimum Gasteiger partial charge on any atom is -0.291 e. The molecular weight excluding hydrogens is 128 g/mol. The topological polar surface area (TPSA) is 45.1 Å². The molecule has 1 aromatic heterocycles. The highest BCUT2D eigenvalue weighted by Gasteiger charge is 1.88. The standard InChI is InChI=1S/C7H6N2O/c1-2-6-3-4-7(9-10)5-8-6/h1,3-5,9-10H. The van der Waals surface area contributed by atoms with Crippen molar-refractivity contribution in [3.63, 3.8) is 0 Å². The highest BCUT2D eigenvalue weighted by Crippen LogP contribution is 2.02. The van der Waals surface area contributed by atoms with Gasteiger partial charge in [-0.05, 0) is 12.1 Å². The summed E-state index contributed by atoms with van der Waals surface area (Å²) in [6.45, 7) is 0. The lowest BCUT2D eigenvalue weighted by Gasteiger charge is -1.95. The molecule has 1 rings (SSSR count). The average Bonchev–Trinajstić information content (AvgIpc) is 2.05. The van der Waals surface area contributed by atoms with Gasteiger partial charge in [-0.25, -0.2) is 4.98 Å². The fourth-order valence-corrected chi connectivity index (χ4v) is 0.545. The summed E-state index contributed by atoms with van der Waals surface area (Å²) in [5, 5.41) is 8.36. The summed E-state index contributed by atoms with van der Waals surface area (Å²) >= 11 is 0. The molecule has 0 radical (unpaired) electrons. The maximum absolute atomic E-state index is 8.36. The van der Waals surface area contributed by atoms with E-state index in [2.05, 4.69) is 10.9 Å². The quantitative estimate of drug-likeness (QED) is 0.442. The summed E-state index contributed by atoms with van der Waals surface area (Å²) in [6.07, 6.45) is 6.50. The summed E-state index contributed by atoms with van der Waals surface area (Å²) in [6, 6.07) is 3.28. The Balaban J connectivity index is 2.93. The van der Waals surface area contributed by atoms with Gasteiger partial charge in [0, 0.05) is 0 Å². The Morgan fingerprint density at radius 3 is 2.80 bits per heavy atom. The first-order valence-electron chi connectivity index (χ1n) is 2.69. The SMILES string of the molecule is C#Cc1ccc(NO)cn1. The third-order valence-corrected chi connectivity index (χ3v) is 1.04. The lowest BCUT2D eigenvalue weighted by molar-refractivity contribution is 0.388. The van der Waals surface area contributed by atoms with E-state index in [9.17, 15) is 0 Å². The Morgan fingerprint density at radius 1 is 1.60 bits per heavy atom. The van der Waals surface area contributed by atoms with Crippen molar-refractivity contribution in [1.29, 1.82) is 0 Å². The summed E-state index contributed by atoms with van der Waals surface area (Å²) in [5.41, 5.74) is 3.03. The monoisotopic (exact) mass is 134 g/mol. The van der Waals surface area contributed by atoms with E-state index in [1.165, 1.54) is 6.20 Å². The number of rotatable bonds is 1. The lowest BCUT2D eigenvalue weighted by atomic mass is 10.3. The van der Waals surface area contributed by atoms with Crippen molar-refractivity contribution in [2.75, 3.05) is 5.48 Å². The van der Waals surface area contributed by atoms with Crippen LogP contribution in [-0.4, -0.2) is 10.2 Å². The molecule has 0 fully saturated rings. The first-order chi connectivity index (χ1) is 4.86. The number of nitrogens with one attached hydrogen (secondary N) is 1. The first kappa shape index (κ1) is 6.59. The van der Waals surface area contributed by atoms with E-state index in [0.29, 0.717) is 11.4 Å². The second kappa shape index (κ2) is 2.85. The van der Waals surface area contributed by atoms with Crippen LogP contribution in [0.1, 0.15) is 5.69 Å². The minimum atomic E-state index is 0.527. The van der Waals surface area contributed by atoms with Gasteiger partial charge >= 0.3 is 0 Å². The predicted molar refractivity (Wildman–Crippen MR) is 37.6 cm³/mol. The van der Waals surface area contributed by atoms with Crippen LogP contribution in [0.3, 0.4) is 0 Å². The number of aromatic nitrogens is 1. The van der Waals surface area contributed by atoms with Gasteiger partial charge in [0.2, 0.25) is 0 Å². The average molecular weight is 134 g/mol. The summed E-state index contributed by atoms with van der Waals surface area (Å²) < 4.78 is 0. The van der Waals surface area contributed by atoms with Crippen LogP contribution in [0.25, 0.3) is 0 Å². The molecule has 0 saturated heterocycles. The Kier molecular flexibility index (Phi) is 1.88. The van der Waals surface area contributed by atoms with Crippen molar-refractivity contribution in [3.8, 4) is 12.3 Å². The zero-order valence-electron chi connectivity index (χ0n) is 5.20. The van der Waals surface area contributed by atoms with Crippen molar-refractivity contribution in [1.82, 2.24) is 4.98 Å². The van der Waals surface area contributed by atoms with Gasteiger partial charge in [0.05, 0.1) is 11.9 Å². The van der Waals surface area contributed by atoms with Crippen molar-refractivity contribution >= 4 is 5.69 Å². The number of nitrogens with zero attached hydrogens (tertiary/aromatic N) is 1. The van der Waals surface area contributed by atoms with Crippen molar-refractivity contribution in [2.45, 2.75) is 0 Å². The summed E-state index contributed by atoms with van der Waals surface area (Å²) in [4.78, 5) is 3.81. The number of pyridine rings is 1. The molecule has 0 aliphatic rings. The Labute approximate surface area is 58.7 Å². The number of anilines is 1. The molecule has 0 unspecified atom stereocenters. The van der Waals surface area contributed by atoms with Crippen LogP contribution in [0.15, 0.2) is 18.3 Å². The molecule has 0 bridgehead atoms. The first-order valence-corrected chi connectivity index (χ1v) is 2.69. The third kappa shape index (κ3) is 1.24.